The van der Waals surface area contributed by atoms with Crippen LogP contribution in [0.4, 0.5) is 0 Å². The second-order valence-electron chi connectivity index (χ2n) is 3.42. The Kier molecular flexibility index (Phi) is 4.44. The largest absolute Gasteiger partial charge is 0.497 e. The van der Waals surface area contributed by atoms with Crippen LogP contribution in [0.3, 0.4) is 0 Å². The zero-order valence-corrected chi connectivity index (χ0v) is 11.1. The van der Waals surface area contributed by atoms with Gasteiger partial charge in [-0.05, 0) is 31.2 Å². The number of nitrogens with two attached hydrogens (primary N) is 1. The quantitative estimate of drug-likeness (QED) is 0.770. The van der Waals surface area contributed by atoms with E-state index < -0.39 is 16.1 Å². The first kappa shape index (κ1) is 13.9. The second-order valence-corrected chi connectivity index (χ2v) is 5.61. The van der Waals surface area contributed by atoms with E-state index in [9.17, 15) is 8.42 Å². The zero-order chi connectivity index (χ0) is 13.1. The fraction of sp³-hybridized carbons (Fsp3) is 0.300. The van der Waals surface area contributed by atoms with Crippen LogP contribution in [0.5, 0.6) is 5.75 Å². The summed E-state index contributed by atoms with van der Waals surface area (Å²) in [6.45, 7) is 1.59. The fourth-order valence-corrected chi connectivity index (χ4v) is 2.47. The average Bonchev–Trinajstić information content (AvgIpc) is 2.28. The highest BCUT2D eigenvalue weighted by molar-refractivity contribution is 7.89. The Hall–Kier alpha value is -1.18. The lowest BCUT2D eigenvalue weighted by Gasteiger charge is -2.12. The molecular formula is C10H14N2O3S2. The molecule has 1 atom stereocenters. The Labute approximate surface area is 106 Å². The van der Waals surface area contributed by atoms with Crippen LogP contribution in [-0.2, 0) is 10.0 Å². The topological polar surface area (TPSA) is 81.4 Å². The number of rotatable bonds is 5. The first-order valence-corrected chi connectivity index (χ1v) is 6.71. The van der Waals surface area contributed by atoms with Crippen molar-refractivity contribution < 1.29 is 13.2 Å². The summed E-state index contributed by atoms with van der Waals surface area (Å²) in [4.78, 5) is 0.239. The van der Waals surface area contributed by atoms with E-state index in [-0.39, 0.29) is 9.88 Å². The molecule has 1 aromatic rings. The van der Waals surface area contributed by atoms with Crippen LogP contribution in [0.2, 0.25) is 0 Å². The minimum Gasteiger partial charge on any atom is -0.497 e. The van der Waals surface area contributed by atoms with Crippen molar-refractivity contribution in [2.24, 2.45) is 5.73 Å². The van der Waals surface area contributed by atoms with Crippen LogP contribution in [0.1, 0.15) is 6.92 Å². The third-order valence-corrected chi connectivity index (χ3v) is 4.04. The lowest BCUT2D eigenvalue weighted by atomic mass is 10.3. The van der Waals surface area contributed by atoms with E-state index in [1.54, 1.807) is 19.1 Å². The van der Waals surface area contributed by atoms with Crippen molar-refractivity contribution in [2.75, 3.05) is 7.11 Å². The summed E-state index contributed by atoms with van der Waals surface area (Å²) in [6, 6.07) is 5.46. The van der Waals surface area contributed by atoms with E-state index in [0.29, 0.717) is 5.75 Å². The molecule has 0 radical (unpaired) electrons. The lowest BCUT2D eigenvalue weighted by Crippen LogP contribution is -2.41. The van der Waals surface area contributed by atoms with Crippen LogP contribution in [0, 0.1) is 0 Å². The molecule has 3 N–H and O–H groups in total. The van der Waals surface area contributed by atoms with Gasteiger partial charge in [0, 0.05) is 0 Å². The molecule has 0 bridgehead atoms. The van der Waals surface area contributed by atoms with E-state index >= 15 is 0 Å². The maximum absolute atomic E-state index is 11.9. The molecule has 1 rings (SSSR count). The Morgan fingerprint density at radius 1 is 1.41 bits per heavy atom. The van der Waals surface area contributed by atoms with Gasteiger partial charge in [0.05, 0.1) is 23.0 Å². The van der Waals surface area contributed by atoms with E-state index in [1.165, 1.54) is 19.2 Å². The van der Waals surface area contributed by atoms with Gasteiger partial charge in [-0.2, -0.15) is 0 Å². The smallest absolute Gasteiger partial charge is 0.241 e. The highest BCUT2D eigenvalue weighted by Crippen LogP contribution is 2.15. The molecule has 7 heteroatoms. The third-order valence-electron chi connectivity index (χ3n) is 2.13. The third kappa shape index (κ3) is 3.65. The Balaban J connectivity index is 2.93. The van der Waals surface area contributed by atoms with Gasteiger partial charge in [0.25, 0.3) is 0 Å². The highest BCUT2D eigenvalue weighted by atomic mass is 32.2. The van der Waals surface area contributed by atoms with Crippen molar-refractivity contribution in [2.45, 2.75) is 17.9 Å². The number of ether oxygens (including phenoxy) is 1. The lowest BCUT2D eigenvalue weighted by molar-refractivity contribution is 0.414. The SMILES string of the molecule is COc1ccc(S(=O)(=O)NC(C)C(N)=S)cc1. The van der Waals surface area contributed by atoms with Crippen molar-refractivity contribution in [1.29, 1.82) is 0 Å². The van der Waals surface area contributed by atoms with Crippen LogP contribution in [-0.4, -0.2) is 26.6 Å². The monoisotopic (exact) mass is 274 g/mol. The predicted molar refractivity (Wildman–Crippen MR) is 69.6 cm³/mol. The van der Waals surface area contributed by atoms with Gasteiger partial charge in [-0.1, -0.05) is 12.2 Å². The van der Waals surface area contributed by atoms with Crippen molar-refractivity contribution in [1.82, 2.24) is 4.72 Å². The number of benzene rings is 1. The Bertz CT molecular complexity index is 497. The fourth-order valence-electron chi connectivity index (χ4n) is 1.11. The van der Waals surface area contributed by atoms with Crippen molar-refractivity contribution in [3.63, 3.8) is 0 Å². The summed E-state index contributed by atoms with van der Waals surface area (Å²) in [7, 11) is -2.09. The van der Waals surface area contributed by atoms with Gasteiger partial charge in [-0.25, -0.2) is 13.1 Å². The summed E-state index contributed by atoms with van der Waals surface area (Å²) in [6.07, 6.45) is 0. The van der Waals surface area contributed by atoms with Crippen LogP contribution >= 0.6 is 12.2 Å². The summed E-state index contributed by atoms with van der Waals surface area (Å²) >= 11 is 4.71. The van der Waals surface area contributed by atoms with Crippen LogP contribution in [0.15, 0.2) is 29.2 Å². The van der Waals surface area contributed by atoms with Crippen molar-refractivity contribution in [3.05, 3.63) is 24.3 Å². The van der Waals surface area contributed by atoms with E-state index in [0.717, 1.165) is 0 Å². The normalized spacial score (nSPS) is 13.1. The van der Waals surface area contributed by atoms with Gasteiger partial charge in [0.15, 0.2) is 0 Å². The van der Waals surface area contributed by atoms with E-state index in [2.05, 4.69) is 4.72 Å². The van der Waals surface area contributed by atoms with Gasteiger partial charge in [0.2, 0.25) is 10.0 Å². The number of sulfonamides is 1. The molecule has 1 aromatic carbocycles. The standard InChI is InChI=1S/C10H14N2O3S2/c1-7(10(11)16)12-17(13,14)9-5-3-8(15-2)4-6-9/h3-7,12H,1-2H3,(H2,11,16). The number of nitrogens with one attached hydrogen (secondary N) is 1. The van der Waals surface area contributed by atoms with Crippen LogP contribution < -0.4 is 15.2 Å². The molecule has 5 nitrogen and oxygen atoms in total. The van der Waals surface area contributed by atoms with Gasteiger partial charge in [-0.3, -0.25) is 0 Å². The molecule has 0 fully saturated rings. The van der Waals surface area contributed by atoms with Gasteiger partial charge < -0.3 is 10.5 Å². The number of thiocarbonyl (C=S) groups is 1. The van der Waals surface area contributed by atoms with Crippen molar-refractivity contribution >= 4 is 27.2 Å². The van der Waals surface area contributed by atoms with Gasteiger partial charge >= 0.3 is 0 Å². The molecule has 0 aromatic heterocycles. The minimum atomic E-state index is -3.60. The minimum absolute atomic E-state index is 0.0992. The summed E-state index contributed by atoms with van der Waals surface area (Å²) in [5.74, 6) is 0.589. The van der Waals surface area contributed by atoms with Gasteiger partial charge in [-0.15, -0.1) is 0 Å². The maximum Gasteiger partial charge on any atom is 0.241 e. The Morgan fingerprint density at radius 3 is 2.35 bits per heavy atom. The molecular weight excluding hydrogens is 260 g/mol. The molecule has 94 valence electrons. The molecule has 0 saturated heterocycles. The summed E-state index contributed by atoms with van der Waals surface area (Å²) < 4.78 is 31.1. The van der Waals surface area contributed by atoms with E-state index in [4.69, 9.17) is 22.7 Å². The average molecular weight is 274 g/mol. The van der Waals surface area contributed by atoms with E-state index in [1.807, 2.05) is 0 Å². The molecule has 0 heterocycles. The molecule has 1 unspecified atom stereocenters. The number of hydrogen-bond donors (Lipinski definition) is 2. The summed E-state index contributed by atoms with van der Waals surface area (Å²) in [5.41, 5.74) is 5.35. The summed E-state index contributed by atoms with van der Waals surface area (Å²) in [5, 5.41) is 0. The molecule has 0 amide bonds. The zero-order valence-electron chi connectivity index (χ0n) is 9.51. The molecule has 0 aliphatic heterocycles. The molecule has 17 heavy (non-hydrogen) atoms. The maximum atomic E-state index is 11.9. The molecule has 0 aliphatic carbocycles. The highest BCUT2D eigenvalue weighted by Gasteiger charge is 2.18. The second kappa shape index (κ2) is 5.44. The molecule has 0 saturated carbocycles. The predicted octanol–water partition coefficient (Wildman–Crippen LogP) is 0.648. The first-order valence-electron chi connectivity index (χ1n) is 4.82. The number of methoxy groups -OCH3 is 1. The molecule has 0 aliphatic rings. The number of hydrogen-bond acceptors (Lipinski definition) is 4. The first-order chi connectivity index (χ1) is 7.86. The van der Waals surface area contributed by atoms with Crippen molar-refractivity contribution in [3.8, 4) is 5.75 Å². The Morgan fingerprint density at radius 2 is 1.94 bits per heavy atom. The van der Waals surface area contributed by atoms with Gasteiger partial charge in [0.1, 0.15) is 5.75 Å². The van der Waals surface area contributed by atoms with Crippen LogP contribution in [0.25, 0.3) is 0 Å². The molecule has 0 spiro atoms.